The zero-order valence-electron chi connectivity index (χ0n) is 18.9. The molecule has 0 aliphatic rings. The molecule has 1 atom stereocenters. The summed E-state index contributed by atoms with van der Waals surface area (Å²) in [4.78, 5) is 13.6. The third kappa shape index (κ3) is 4.03. The summed E-state index contributed by atoms with van der Waals surface area (Å²) < 4.78 is 16.9. The van der Waals surface area contributed by atoms with Crippen molar-refractivity contribution in [2.24, 2.45) is 0 Å². The minimum atomic E-state index is -0.991. The summed E-state index contributed by atoms with van der Waals surface area (Å²) in [5, 5.41) is 31.7. The molecule has 3 aromatic rings. The summed E-state index contributed by atoms with van der Waals surface area (Å²) in [6, 6.07) is 2.82. The summed E-state index contributed by atoms with van der Waals surface area (Å²) in [7, 11) is 2.98. The van der Waals surface area contributed by atoms with Crippen LogP contribution in [-0.2, 0) is 12.8 Å². The van der Waals surface area contributed by atoms with E-state index in [1.165, 1.54) is 20.3 Å². The topological polar surface area (TPSA) is 109 Å². The van der Waals surface area contributed by atoms with E-state index >= 15 is 0 Å². The van der Waals surface area contributed by atoms with Crippen LogP contribution in [0.5, 0.6) is 23.0 Å². The van der Waals surface area contributed by atoms with E-state index in [0.717, 1.165) is 5.57 Å². The van der Waals surface area contributed by atoms with Gasteiger partial charge in [-0.25, -0.2) is 0 Å². The van der Waals surface area contributed by atoms with Crippen LogP contribution in [0, 0.1) is 0 Å². The maximum atomic E-state index is 13.6. The SMILES string of the molecule is C=C(C)[C@@H](O)Cc1c(O)cc2oc3cc(OC)c(OC)c(CC=C(C)C)c3c(=O)c2c1O. The van der Waals surface area contributed by atoms with Crippen molar-refractivity contribution < 1.29 is 29.2 Å². The number of fused-ring (bicyclic) bond motifs is 2. The van der Waals surface area contributed by atoms with Crippen molar-refractivity contribution in [3.8, 4) is 23.0 Å². The van der Waals surface area contributed by atoms with Crippen LogP contribution in [0.15, 0.2) is 45.1 Å². The second-order valence-electron chi connectivity index (χ2n) is 8.04. The number of methoxy groups -OCH3 is 2. The monoisotopic (exact) mass is 440 g/mol. The van der Waals surface area contributed by atoms with Gasteiger partial charge in [0.15, 0.2) is 11.5 Å². The predicted octanol–water partition coefficient (Wildman–Crippen LogP) is 4.36. The Morgan fingerprint density at radius 2 is 1.75 bits per heavy atom. The first kappa shape index (κ1) is 23.2. The van der Waals surface area contributed by atoms with Crippen molar-refractivity contribution in [2.45, 2.75) is 39.7 Å². The molecule has 2 aromatic carbocycles. The summed E-state index contributed by atoms with van der Waals surface area (Å²) >= 11 is 0. The molecule has 7 heteroatoms. The van der Waals surface area contributed by atoms with Gasteiger partial charge < -0.3 is 29.2 Å². The Morgan fingerprint density at radius 1 is 1.09 bits per heavy atom. The number of benzene rings is 2. The number of phenolic OH excluding ortho intramolecular Hbond substituents is 2. The first-order valence-electron chi connectivity index (χ1n) is 10.2. The smallest absolute Gasteiger partial charge is 0.204 e. The largest absolute Gasteiger partial charge is 0.507 e. The van der Waals surface area contributed by atoms with Gasteiger partial charge >= 0.3 is 0 Å². The zero-order chi connectivity index (χ0) is 23.7. The number of ether oxygens (including phenoxy) is 2. The molecule has 0 saturated heterocycles. The van der Waals surface area contributed by atoms with Crippen LogP contribution >= 0.6 is 0 Å². The summed E-state index contributed by atoms with van der Waals surface area (Å²) in [5.41, 5.74) is 1.92. The van der Waals surface area contributed by atoms with E-state index in [1.807, 2.05) is 19.9 Å². The minimum absolute atomic E-state index is 0.0199. The van der Waals surface area contributed by atoms with Crippen LogP contribution in [-0.4, -0.2) is 35.6 Å². The van der Waals surface area contributed by atoms with Crippen LogP contribution in [0.1, 0.15) is 31.9 Å². The molecule has 0 aliphatic carbocycles. The summed E-state index contributed by atoms with van der Waals surface area (Å²) in [6.45, 7) is 9.21. The predicted molar refractivity (Wildman–Crippen MR) is 124 cm³/mol. The van der Waals surface area contributed by atoms with Gasteiger partial charge in [0.1, 0.15) is 28.1 Å². The van der Waals surface area contributed by atoms with E-state index < -0.39 is 17.3 Å². The van der Waals surface area contributed by atoms with Crippen molar-refractivity contribution in [3.05, 3.63) is 57.3 Å². The van der Waals surface area contributed by atoms with E-state index in [0.29, 0.717) is 29.1 Å². The fraction of sp³-hybridized carbons (Fsp3) is 0.320. The number of hydrogen-bond donors (Lipinski definition) is 3. The molecule has 32 heavy (non-hydrogen) atoms. The van der Waals surface area contributed by atoms with Crippen molar-refractivity contribution in [3.63, 3.8) is 0 Å². The maximum absolute atomic E-state index is 13.6. The van der Waals surface area contributed by atoms with Crippen LogP contribution in [0.3, 0.4) is 0 Å². The van der Waals surface area contributed by atoms with Gasteiger partial charge in [-0.15, -0.1) is 0 Å². The molecule has 0 amide bonds. The van der Waals surface area contributed by atoms with Crippen molar-refractivity contribution in [1.29, 1.82) is 0 Å². The van der Waals surface area contributed by atoms with Gasteiger partial charge in [-0.3, -0.25) is 4.79 Å². The molecular weight excluding hydrogens is 412 g/mol. The number of allylic oxidation sites excluding steroid dienone is 2. The molecule has 7 nitrogen and oxygen atoms in total. The number of aliphatic hydroxyl groups is 1. The Balaban J connectivity index is 2.44. The molecule has 0 fully saturated rings. The molecule has 0 spiro atoms. The number of phenols is 2. The van der Waals surface area contributed by atoms with E-state index in [1.54, 1.807) is 13.0 Å². The lowest BCUT2D eigenvalue weighted by molar-refractivity contribution is 0.209. The molecule has 0 radical (unpaired) electrons. The lowest BCUT2D eigenvalue weighted by Crippen LogP contribution is -2.13. The third-order valence-electron chi connectivity index (χ3n) is 5.43. The van der Waals surface area contributed by atoms with Crippen molar-refractivity contribution in [2.75, 3.05) is 14.2 Å². The standard InChI is InChI=1S/C25H28O7/c1-12(2)7-8-14-21-19(11-20(30-5)25(14)31-6)32-18-10-17(27)15(9-16(26)13(3)4)23(28)22(18)24(21)29/h7,10-11,16,26-28H,3,8-9H2,1-2,4-6H3/t16-/m0/s1. The van der Waals surface area contributed by atoms with Gasteiger partial charge in [0.05, 0.1) is 25.7 Å². The summed E-state index contributed by atoms with van der Waals surface area (Å²) in [6.07, 6.45) is 1.24. The van der Waals surface area contributed by atoms with Crippen LogP contribution in [0.25, 0.3) is 21.9 Å². The second kappa shape index (κ2) is 8.96. The van der Waals surface area contributed by atoms with Gasteiger partial charge in [0, 0.05) is 29.7 Å². The highest BCUT2D eigenvalue weighted by atomic mass is 16.5. The van der Waals surface area contributed by atoms with E-state index in [9.17, 15) is 20.1 Å². The third-order valence-corrected chi connectivity index (χ3v) is 5.43. The van der Waals surface area contributed by atoms with Crippen LogP contribution in [0.4, 0.5) is 0 Å². The first-order chi connectivity index (χ1) is 15.1. The Labute approximate surface area is 185 Å². The van der Waals surface area contributed by atoms with Crippen molar-refractivity contribution >= 4 is 21.9 Å². The fourth-order valence-corrected chi connectivity index (χ4v) is 3.66. The fourth-order valence-electron chi connectivity index (χ4n) is 3.66. The van der Waals surface area contributed by atoms with E-state index in [-0.39, 0.29) is 39.7 Å². The Hall–Kier alpha value is -3.45. The highest BCUT2D eigenvalue weighted by Crippen LogP contribution is 2.41. The average Bonchev–Trinajstić information content (AvgIpc) is 2.73. The maximum Gasteiger partial charge on any atom is 0.204 e. The average molecular weight is 440 g/mol. The summed E-state index contributed by atoms with van der Waals surface area (Å²) in [5.74, 6) is 0.0802. The molecule has 3 N–H and O–H groups in total. The minimum Gasteiger partial charge on any atom is -0.507 e. The first-order valence-corrected chi connectivity index (χ1v) is 10.2. The lowest BCUT2D eigenvalue weighted by Gasteiger charge is -2.17. The van der Waals surface area contributed by atoms with E-state index in [2.05, 4.69) is 6.58 Å². The number of rotatable bonds is 7. The molecule has 170 valence electrons. The molecule has 0 saturated carbocycles. The number of aliphatic hydroxyl groups excluding tert-OH is 1. The Kier molecular flexibility index (Phi) is 6.50. The van der Waals surface area contributed by atoms with Gasteiger partial charge in [-0.2, -0.15) is 0 Å². The highest BCUT2D eigenvalue weighted by Gasteiger charge is 2.24. The molecular formula is C25H28O7. The lowest BCUT2D eigenvalue weighted by atomic mass is 9.97. The van der Waals surface area contributed by atoms with E-state index in [4.69, 9.17) is 13.9 Å². The van der Waals surface area contributed by atoms with Gasteiger partial charge in [0.2, 0.25) is 5.43 Å². The Morgan fingerprint density at radius 3 is 2.31 bits per heavy atom. The normalized spacial score (nSPS) is 12.1. The quantitative estimate of drug-likeness (QED) is 0.370. The molecule has 1 aromatic heterocycles. The van der Waals surface area contributed by atoms with Crippen LogP contribution < -0.4 is 14.9 Å². The molecule has 3 rings (SSSR count). The number of hydrogen-bond acceptors (Lipinski definition) is 7. The second-order valence-corrected chi connectivity index (χ2v) is 8.04. The highest BCUT2D eigenvalue weighted by molar-refractivity contribution is 5.97. The zero-order valence-corrected chi connectivity index (χ0v) is 18.9. The molecule has 1 heterocycles. The van der Waals surface area contributed by atoms with Crippen molar-refractivity contribution in [1.82, 2.24) is 0 Å². The Bertz CT molecular complexity index is 1290. The molecule has 0 unspecified atom stereocenters. The number of aromatic hydroxyl groups is 2. The van der Waals surface area contributed by atoms with Gasteiger partial charge in [0.25, 0.3) is 0 Å². The molecule has 0 aliphatic heterocycles. The molecule has 0 bridgehead atoms. The van der Waals surface area contributed by atoms with Gasteiger partial charge in [-0.1, -0.05) is 23.8 Å². The van der Waals surface area contributed by atoms with Crippen LogP contribution in [0.2, 0.25) is 0 Å². The van der Waals surface area contributed by atoms with Gasteiger partial charge in [-0.05, 0) is 27.2 Å².